The molecule has 0 aromatic heterocycles. The van der Waals surface area contributed by atoms with Crippen LogP contribution in [0.15, 0.2) is 12.1 Å². The number of hydrogen-bond donors (Lipinski definition) is 1. The van der Waals surface area contributed by atoms with Gasteiger partial charge in [0.05, 0.1) is 0 Å². The molecule has 1 aromatic carbocycles. The average molecular weight is 355 g/mol. The van der Waals surface area contributed by atoms with E-state index >= 15 is 0 Å². The van der Waals surface area contributed by atoms with Crippen molar-refractivity contribution in [2.75, 3.05) is 5.32 Å². The van der Waals surface area contributed by atoms with Crippen LogP contribution in [-0.4, -0.2) is 11.7 Å². The zero-order valence-corrected chi connectivity index (χ0v) is 11.8. The van der Waals surface area contributed by atoms with Gasteiger partial charge in [-0.05, 0) is 55.5 Å². The summed E-state index contributed by atoms with van der Waals surface area (Å²) in [5.41, 5.74) is -1.22. The highest BCUT2D eigenvalue weighted by Gasteiger charge is 2.19. The van der Waals surface area contributed by atoms with E-state index in [-0.39, 0.29) is 0 Å². The number of carbonyl (C=O) groups excluding carboxylic acids is 1. The Balaban J connectivity index is 2.86. The summed E-state index contributed by atoms with van der Waals surface area (Å²) >= 11 is 1.78. The van der Waals surface area contributed by atoms with Gasteiger partial charge < -0.3 is 4.74 Å². The number of anilines is 1. The lowest BCUT2D eigenvalue weighted by Gasteiger charge is -2.20. The SMILES string of the molecule is CC(C)(C)OC(=O)Nc1c(F)cc(I)cc1F. The molecule has 0 saturated carbocycles. The number of hydrogen-bond acceptors (Lipinski definition) is 2. The standard InChI is InChI=1S/C11H12F2INO2/c1-11(2,3)17-10(16)15-9-7(12)4-6(14)5-8(9)13/h4-5H,1-3H3,(H,15,16). The zero-order valence-electron chi connectivity index (χ0n) is 9.61. The monoisotopic (exact) mass is 355 g/mol. The third-order valence-electron chi connectivity index (χ3n) is 1.63. The van der Waals surface area contributed by atoms with Crippen molar-refractivity contribution >= 4 is 34.4 Å². The molecule has 17 heavy (non-hydrogen) atoms. The van der Waals surface area contributed by atoms with Crippen molar-refractivity contribution in [2.45, 2.75) is 26.4 Å². The fraction of sp³-hybridized carbons (Fsp3) is 0.364. The van der Waals surface area contributed by atoms with E-state index < -0.39 is 29.0 Å². The summed E-state index contributed by atoms with van der Waals surface area (Å²) < 4.78 is 32.1. The molecule has 3 nitrogen and oxygen atoms in total. The van der Waals surface area contributed by atoms with Crippen molar-refractivity contribution in [2.24, 2.45) is 0 Å². The summed E-state index contributed by atoms with van der Waals surface area (Å²) in [5, 5.41) is 2.05. The van der Waals surface area contributed by atoms with Gasteiger partial charge in [0.1, 0.15) is 11.3 Å². The van der Waals surface area contributed by atoms with Crippen LogP contribution in [0.1, 0.15) is 20.8 Å². The lowest BCUT2D eigenvalue weighted by Crippen LogP contribution is -2.27. The predicted octanol–water partition coefficient (Wildman–Crippen LogP) is 3.92. The van der Waals surface area contributed by atoms with E-state index in [0.29, 0.717) is 3.57 Å². The van der Waals surface area contributed by atoms with Gasteiger partial charge in [0.25, 0.3) is 0 Å². The largest absolute Gasteiger partial charge is 0.444 e. The molecule has 0 aliphatic carbocycles. The van der Waals surface area contributed by atoms with Gasteiger partial charge in [-0.3, -0.25) is 5.32 Å². The highest BCUT2D eigenvalue weighted by atomic mass is 127. The topological polar surface area (TPSA) is 38.3 Å². The normalized spacial score (nSPS) is 11.2. The first kappa shape index (κ1) is 14.1. The predicted molar refractivity (Wildman–Crippen MR) is 68.9 cm³/mol. The second-order valence-electron chi connectivity index (χ2n) is 4.37. The first-order valence-corrected chi connectivity index (χ1v) is 5.91. The van der Waals surface area contributed by atoms with E-state index in [1.165, 1.54) is 0 Å². The van der Waals surface area contributed by atoms with E-state index in [1.54, 1.807) is 43.4 Å². The average Bonchev–Trinajstić information content (AvgIpc) is 2.08. The highest BCUT2D eigenvalue weighted by molar-refractivity contribution is 14.1. The van der Waals surface area contributed by atoms with Crippen molar-refractivity contribution in [3.8, 4) is 0 Å². The van der Waals surface area contributed by atoms with Crippen LogP contribution in [0.4, 0.5) is 19.3 Å². The maximum absolute atomic E-state index is 13.4. The smallest absolute Gasteiger partial charge is 0.412 e. The molecule has 1 N–H and O–H groups in total. The van der Waals surface area contributed by atoms with Gasteiger partial charge in [0, 0.05) is 3.57 Å². The molecule has 0 bridgehead atoms. The minimum absolute atomic E-state index is 0.410. The van der Waals surface area contributed by atoms with Crippen LogP contribution in [0, 0.1) is 15.2 Å². The van der Waals surface area contributed by atoms with Crippen molar-refractivity contribution < 1.29 is 18.3 Å². The molecule has 1 amide bonds. The first-order chi connectivity index (χ1) is 7.69. The van der Waals surface area contributed by atoms with Crippen molar-refractivity contribution in [1.29, 1.82) is 0 Å². The van der Waals surface area contributed by atoms with Crippen LogP contribution in [0.3, 0.4) is 0 Å². The third-order valence-corrected chi connectivity index (χ3v) is 2.26. The Hall–Kier alpha value is -0.920. The van der Waals surface area contributed by atoms with E-state index in [4.69, 9.17) is 4.74 Å². The van der Waals surface area contributed by atoms with Crippen molar-refractivity contribution in [3.05, 3.63) is 27.3 Å². The Morgan fingerprint density at radius 2 is 1.76 bits per heavy atom. The highest BCUT2D eigenvalue weighted by Crippen LogP contribution is 2.22. The molecule has 0 spiro atoms. The van der Waals surface area contributed by atoms with Crippen LogP contribution in [0.2, 0.25) is 0 Å². The first-order valence-electron chi connectivity index (χ1n) is 4.83. The van der Waals surface area contributed by atoms with Gasteiger partial charge in [-0.15, -0.1) is 0 Å². The lowest BCUT2D eigenvalue weighted by molar-refractivity contribution is 0.0634. The minimum atomic E-state index is -0.892. The van der Waals surface area contributed by atoms with Crippen LogP contribution in [-0.2, 0) is 4.74 Å². The van der Waals surface area contributed by atoms with E-state index in [0.717, 1.165) is 12.1 Å². The maximum atomic E-state index is 13.4. The van der Waals surface area contributed by atoms with E-state index in [1.807, 2.05) is 5.32 Å². The number of ether oxygens (including phenoxy) is 1. The second-order valence-corrected chi connectivity index (χ2v) is 5.62. The fourth-order valence-corrected chi connectivity index (χ4v) is 1.61. The summed E-state index contributed by atoms with van der Waals surface area (Å²) in [5.74, 6) is -1.67. The number of halogens is 3. The molecule has 6 heteroatoms. The minimum Gasteiger partial charge on any atom is -0.444 e. The molecule has 0 unspecified atom stereocenters. The third kappa shape index (κ3) is 4.45. The molecule has 0 aliphatic heterocycles. The summed E-state index contributed by atoms with van der Waals surface area (Å²) in [7, 11) is 0. The molecule has 0 fully saturated rings. The molecule has 94 valence electrons. The summed E-state index contributed by atoms with van der Waals surface area (Å²) in [6, 6.07) is 2.24. The van der Waals surface area contributed by atoms with Gasteiger partial charge in [0.2, 0.25) is 0 Å². The number of benzene rings is 1. The number of amides is 1. The van der Waals surface area contributed by atoms with Crippen LogP contribution in [0.5, 0.6) is 0 Å². The van der Waals surface area contributed by atoms with E-state index in [9.17, 15) is 13.6 Å². The second kappa shape index (κ2) is 5.16. The van der Waals surface area contributed by atoms with Crippen LogP contribution in [0.25, 0.3) is 0 Å². The van der Waals surface area contributed by atoms with Crippen molar-refractivity contribution in [3.63, 3.8) is 0 Å². The van der Waals surface area contributed by atoms with Gasteiger partial charge in [-0.25, -0.2) is 13.6 Å². The van der Waals surface area contributed by atoms with Gasteiger partial charge >= 0.3 is 6.09 Å². The molecule has 0 radical (unpaired) electrons. The molecule has 0 saturated heterocycles. The van der Waals surface area contributed by atoms with Gasteiger partial charge in [-0.2, -0.15) is 0 Å². The molecular weight excluding hydrogens is 343 g/mol. The maximum Gasteiger partial charge on any atom is 0.412 e. The zero-order chi connectivity index (χ0) is 13.2. The molecular formula is C11H12F2INO2. The summed E-state index contributed by atoms with van der Waals surface area (Å²) in [6.45, 7) is 4.98. The molecule has 0 aliphatic rings. The summed E-state index contributed by atoms with van der Waals surface area (Å²) in [6.07, 6.45) is -0.892. The Bertz CT molecular complexity index is 421. The summed E-state index contributed by atoms with van der Waals surface area (Å²) in [4.78, 5) is 11.3. The molecule has 1 aromatic rings. The van der Waals surface area contributed by atoms with Crippen molar-refractivity contribution in [1.82, 2.24) is 0 Å². The Morgan fingerprint density at radius 1 is 1.29 bits per heavy atom. The lowest BCUT2D eigenvalue weighted by atomic mass is 10.2. The number of nitrogens with one attached hydrogen (secondary N) is 1. The number of rotatable bonds is 1. The Labute approximate surface area is 112 Å². The molecule has 1 rings (SSSR count). The van der Waals surface area contributed by atoms with Gasteiger partial charge in [0.15, 0.2) is 11.6 Å². The number of carbonyl (C=O) groups is 1. The Morgan fingerprint density at radius 3 is 2.18 bits per heavy atom. The van der Waals surface area contributed by atoms with Gasteiger partial charge in [-0.1, -0.05) is 0 Å². The van der Waals surface area contributed by atoms with Crippen LogP contribution >= 0.6 is 22.6 Å². The van der Waals surface area contributed by atoms with Crippen LogP contribution < -0.4 is 5.32 Å². The van der Waals surface area contributed by atoms with E-state index in [2.05, 4.69) is 0 Å². The molecule has 0 atom stereocenters. The molecule has 0 heterocycles. The fourth-order valence-electron chi connectivity index (χ4n) is 1.07. The Kier molecular flexibility index (Phi) is 4.29. The quantitative estimate of drug-likeness (QED) is 0.776.